The van der Waals surface area contributed by atoms with Gasteiger partial charge < -0.3 is 19.5 Å². The fourth-order valence-electron chi connectivity index (χ4n) is 4.12. The molecule has 0 bridgehead atoms. The highest BCUT2D eigenvalue weighted by Gasteiger charge is 2.38. The summed E-state index contributed by atoms with van der Waals surface area (Å²) in [6.07, 6.45) is -1.06. The number of hydrogen-bond acceptors (Lipinski definition) is 6. The molecule has 2 atom stereocenters. The second-order valence-electron chi connectivity index (χ2n) is 8.77. The lowest BCUT2D eigenvalue weighted by Crippen LogP contribution is -2.51. The van der Waals surface area contributed by atoms with Crippen molar-refractivity contribution in [3.8, 4) is 17.2 Å². The Morgan fingerprint density at radius 1 is 1.00 bits per heavy atom. The number of ether oxygens (including phenoxy) is 3. The average Bonchev–Trinajstić information content (AvgIpc) is 2.87. The minimum Gasteiger partial charge on any atom is -0.497 e. The zero-order valence-corrected chi connectivity index (χ0v) is 21.8. The van der Waals surface area contributed by atoms with Gasteiger partial charge in [0.2, 0.25) is 0 Å². The molecule has 0 aromatic heterocycles. The van der Waals surface area contributed by atoms with E-state index < -0.39 is 28.1 Å². The number of benzene rings is 3. The Labute approximate surface area is 211 Å². The predicted octanol–water partition coefficient (Wildman–Crippen LogP) is 4.15. The Bertz CT molecular complexity index is 1370. The number of methoxy groups -OCH3 is 2. The number of anilines is 1. The van der Waals surface area contributed by atoms with Crippen LogP contribution in [0.25, 0.3) is 0 Å². The van der Waals surface area contributed by atoms with E-state index in [9.17, 15) is 13.2 Å². The van der Waals surface area contributed by atoms with Crippen molar-refractivity contribution in [2.75, 3.05) is 25.1 Å². The van der Waals surface area contributed by atoms with E-state index >= 15 is 0 Å². The number of amides is 1. The summed E-state index contributed by atoms with van der Waals surface area (Å²) in [5, 5.41) is 2.93. The van der Waals surface area contributed by atoms with E-state index in [2.05, 4.69) is 5.32 Å². The molecule has 0 spiro atoms. The highest BCUT2D eigenvalue weighted by molar-refractivity contribution is 7.92. The van der Waals surface area contributed by atoms with Gasteiger partial charge in [0.05, 0.1) is 37.4 Å². The molecule has 3 aromatic carbocycles. The van der Waals surface area contributed by atoms with Gasteiger partial charge in [0.15, 0.2) is 6.10 Å². The Balaban J connectivity index is 1.64. The van der Waals surface area contributed by atoms with E-state index in [1.165, 1.54) is 4.31 Å². The zero-order chi connectivity index (χ0) is 26.0. The molecule has 8 nitrogen and oxygen atoms in total. The van der Waals surface area contributed by atoms with Gasteiger partial charge in [-0.15, -0.1) is 0 Å². The summed E-state index contributed by atoms with van der Waals surface area (Å²) < 4.78 is 45.3. The molecule has 0 fully saturated rings. The molecule has 190 valence electrons. The molecule has 1 amide bonds. The summed E-state index contributed by atoms with van der Waals surface area (Å²) >= 11 is 0. The van der Waals surface area contributed by atoms with Crippen LogP contribution in [0.2, 0.25) is 0 Å². The van der Waals surface area contributed by atoms with Gasteiger partial charge >= 0.3 is 0 Å². The number of carbonyl (C=O) groups excluding carboxylic acids is 1. The molecule has 0 aliphatic carbocycles. The molecule has 9 heteroatoms. The molecule has 1 heterocycles. The van der Waals surface area contributed by atoms with Crippen molar-refractivity contribution in [3.63, 3.8) is 0 Å². The minimum atomic E-state index is -3.94. The predicted molar refractivity (Wildman–Crippen MR) is 137 cm³/mol. The van der Waals surface area contributed by atoms with Crippen molar-refractivity contribution < 1.29 is 27.4 Å². The summed E-state index contributed by atoms with van der Waals surface area (Å²) in [6, 6.07) is 16.8. The van der Waals surface area contributed by atoms with Crippen molar-refractivity contribution in [2.45, 2.75) is 37.8 Å². The molecule has 1 aliphatic rings. The molecule has 0 unspecified atom stereocenters. The SMILES string of the molecule is COc1ccc(OC)c([C@H](C)NC(=O)[C@@H]2CN(S(=O)(=O)c3ccc(C)cc3)c3cc(C)ccc3O2)c1. The maximum absolute atomic E-state index is 13.6. The van der Waals surface area contributed by atoms with Crippen LogP contribution < -0.4 is 23.8 Å². The third kappa shape index (κ3) is 4.97. The molecular weight excluding hydrogens is 480 g/mol. The van der Waals surface area contributed by atoms with Crippen molar-refractivity contribution >= 4 is 21.6 Å². The number of nitrogens with one attached hydrogen (secondary N) is 1. The number of nitrogens with zero attached hydrogens (tertiary/aromatic N) is 1. The number of aryl methyl sites for hydroxylation is 2. The van der Waals surface area contributed by atoms with Gasteiger partial charge in [-0.3, -0.25) is 9.10 Å². The number of sulfonamides is 1. The largest absolute Gasteiger partial charge is 0.497 e. The van der Waals surface area contributed by atoms with Gasteiger partial charge in [-0.05, 0) is 68.8 Å². The summed E-state index contributed by atoms with van der Waals surface area (Å²) in [4.78, 5) is 13.5. The molecule has 0 radical (unpaired) electrons. The molecule has 1 N–H and O–H groups in total. The summed E-state index contributed by atoms with van der Waals surface area (Å²) in [7, 11) is -0.824. The highest BCUT2D eigenvalue weighted by atomic mass is 32.2. The lowest BCUT2D eigenvalue weighted by molar-refractivity contribution is -0.128. The quantitative estimate of drug-likeness (QED) is 0.513. The summed E-state index contributed by atoms with van der Waals surface area (Å²) in [5.41, 5.74) is 2.96. The van der Waals surface area contributed by atoms with Crippen molar-refractivity contribution in [2.24, 2.45) is 0 Å². The van der Waals surface area contributed by atoms with E-state index in [-0.39, 0.29) is 11.4 Å². The first-order valence-electron chi connectivity index (χ1n) is 11.5. The lowest BCUT2D eigenvalue weighted by atomic mass is 10.1. The first-order valence-corrected chi connectivity index (χ1v) is 13.0. The van der Waals surface area contributed by atoms with E-state index in [1.54, 1.807) is 68.8 Å². The van der Waals surface area contributed by atoms with E-state index in [0.29, 0.717) is 22.9 Å². The van der Waals surface area contributed by atoms with Crippen LogP contribution in [0.4, 0.5) is 5.69 Å². The van der Waals surface area contributed by atoms with Gasteiger partial charge in [-0.25, -0.2) is 8.42 Å². The number of rotatable bonds is 7. The van der Waals surface area contributed by atoms with Crippen molar-refractivity contribution in [1.82, 2.24) is 5.32 Å². The van der Waals surface area contributed by atoms with Crippen LogP contribution in [-0.4, -0.2) is 41.2 Å². The highest BCUT2D eigenvalue weighted by Crippen LogP contribution is 2.38. The maximum Gasteiger partial charge on any atom is 0.264 e. The second-order valence-corrected chi connectivity index (χ2v) is 10.6. The third-order valence-corrected chi connectivity index (χ3v) is 7.94. The van der Waals surface area contributed by atoms with Crippen molar-refractivity contribution in [3.05, 3.63) is 77.4 Å². The fourth-order valence-corrected chi connectivity index (χ4v) is 5.59. The second kappa shape index (κ2) is 10.1. The van der Waals surface area contributed by atoms with Crippen LogP contribution in [0.1, 0.15) is 29.7 Å². The Morgan fingerprint density at radius 3 is 2.36 bits per heavy atom. The van der Waals surface area contributed by atoms with Crippen LogP contribution in [-0.2, 0) is 14.8 Å². The topological polar surface area (TPSA) is 94.2 Å². The van der Waals surface area contributed by atoms with Crippen LogP contribution in [0.5, 0.6) is 17.2 Å². The third-order valence-electron chi connectivity index (χ3n) is 6.15. The van der Waals surface area contributed by atoms with E-state index in [1.807, 2.05) is 26.8 Å². The average molecular weight is 511 g/mol. The zero-order valence-electron chi connectivity index (χ0n) is 20.9. The Kier molecular flexibility index (Phi) is 7.12. The smallest absolute Gasteiger partial charge is 0.264 e. The van der Waals surface area contributed by atoms with Gasteiger partial charge in [0.1, 0.15) is 17.2 Å². The molecular formula is C27H30N2O6S. The molecule has 0 saturated heterocycles. The molecule has 3 aromatic rings. The summed E-state index contributed by atoms with van der Waals surface area (Å²) in [6.45, 7) is 5.41. The molecule has 36 heavy (non-hydrogen) atoms. The number of hydrogen-bond donors (Lipinski definition) is 1. The van der Waals surface area contributed by atoms with Gasteiger partial charge in [-0.1, -0.05) is 23.8 Å². The molecule has 0 saturated carbocycles. The van der Waals surface area contributed by atoms with Crippen LogP contribution in [0, 0.1) is 13.8 Å². The summed E-state index contributed by atoms with van der Waals surface area (Å²) in [5.74, 6) is 1.11. The van der Waals surface area contributed by atoms with Gasteiger partial charge in [-0.2, -0.15) is 0 Å². The van der Waals surface area contributed by atoms with Crippen molar-refractivity contribution in [1.29, 1.82) is 0 Å². The number of fused-ring (bicyclic) bond motifs is 1. The van der Waals surface area contributed by atoms with Crippen LogP contribution in [0.15, 0.2) is 65.6 Å². The van der Waals surface area contributed by atoms with Gasteiger partial charge in [0, 0.05) is 5.56 Å². The Hall–Kier alpha value is -3.72. The Morgan fingerprint density at radius 2 is 1.69 bits per heavy atom. The standard InChI is InChI=1S/C27H30N2O6S/c1-17-6-10-21(11-7-17)36(31,32)29-16-26(35-25-12-8-18(2)14-23(25)29)27(30)28-19(3)22-15-20(33-4)9-13-24(22)34-5/h6-15,19,26H,16H2,1-5H3,(H,28,30)/t19-,26-/m0/s1. The number of carbonyl (C=O) groups is 1. The normalized spacial score (nSPS) is 15.9. The van der Waals surface area contributed by atoms with Crippen LogP contribution >= 0.6 is 0 Å². The van der Waals surface area contributed by atoms with Crippen LogP contribution in [0.3, 0.4) is 0 Å². The van der Waals surface area contributed by atoms with E-state index in [0.717, 1.165) is 16.7 Å². The van der Waals surface area contributed by atoms with Gasteiger partial charge in [0.25, 0.3) is 15.9 Å². The fraction of sp³-hybridized carbons (Fsp3) is 0.296. The first-order chi connectivity index (χ1) is 17.1. The lowest BCUT2D eigenvalue weighted by Gasteiger charge is -2.35. The minimum absolute atomic E-state index is 0.149. The first kappa shape index (κ1) is 25.4. The van der Waals surface area contributed by atoms with E-state index in [4.69, 9.17) is 14.2 Å². The molecule has 1 aliphatic heterocycles. The monoisotopic (exact) mass is 510 g/mol. The molecule has 4 rings (SSSR count). The maximum atomic E-state index is 13.6.